The first kappa shape index (κ1) is 17.0. The summed E-state index contributed by atoms with van der Waals surface area (Å²) in [6, 6.07) is 10.9. The Morgan fingerprint density at radius 3 is 2.64 bits per heavy atom. The third kappa shape index (κ3) is 5.13. The average molecular weight is 302 g/mol. The highest BCUT2D eigenvalue weighted by Crippen LogP contribution is 2.22. The topological polar surface area (TPSA) is 32.3 Å². The van der Waals surface area contributed by atoms with E-state index in [0.717, 1.165) is 26.1 Å². The second-order valence-electron chi connectivity index (χ2n) is 6.50. The van der Waals surface area contributed by atoms with Crippen molar-refractivity contribution in [3.8, 4) is 0 Å². The van der Waals surface area contributed by atoms with Crippen LogP contribution in [-0.4, -0.2) is 29.9 Å². The van der Waals surface area contributed by atoms with Gasteiger partial charge in [-0.05, 0) is 30.7 Å². The van der Waals surface area contributed by atoms with E-state index in [0.29, 0.717) is 24.3 Å². The second kappa shape index (κ2) is 8.94. The van der Waals surface area contributed by atoms with Crippen LogP contribution in [-0.2, 0) is 11.3 Å². The third-order valence-corrected chi connectivity index (χ3v) is 4.49. The molecule has 1 saturated heterocycles. The number of hydrogen-bond acceptors (Lipinski definition) is 2. The highest BCUT2D eigenvalue weighted by Gasteiger charge is 2.28. The molecule has 2 unspecified atom stereocenters. The van der Waals surface area contributed by atoms with Crippen molar-refractivity contribution in [1.29, 1.82) is 0 Å². The largest absolute Gasteiger partial charge is 0.341 e. The Balaban J connectivity index is 1.92. The quantitative estimate of drug-likeness (QED) is 0.835. The van der Waals surface area contributed by atoms with Crippen molar-refractivity contribution in [2.24, 2.45) is 5.92 Å². The molecule has 1 aromatic rings. The number of piperidine rings is 1. The maximum Gasteiger partial charge on any atom is 0.222 e. The van der Waals surface area contributed by atoms with Crippen LogP contribution in [0, 0.1) is 5.92 Å². The van der Waals surface area contributed by atoms with E-state index in [9.17, 15) is 4.79 Å². The summed E-state index contributed by atoms with van der Waals surface area (Å²) in [6.45, 7) is 7.03. The normalized spacial score (nSPS) is 21.8. The standard InChI is InChI=1S/C19H30N2O/c1-3-8-17-12-18(15-21(14-17)19(22)9-4-2)20-13-16-10-6-5-7-11-16/h5-7,10-11,17-18,20H,3-4,8-9,12-15H2,1-2H3. The fourth-order valence-electron chi connectivity index (χ4n) is 3.40. The molecule has 0 bridgehead atoms. The minimum Gasteiger partial charge on any atom is -0.341 e. The zero-order valence-electron chi connectivity index (χ0n) is 14.1. The van der Waals surface area contributed by atoms with Crippen LogP contribution in [0.5, 0.6) is 0 Å². The Morgan fingerprint density at radius 2 is 1.95 bits per heavy atom. The molecule has 0 spiro atoms. The lowest BCUT2D eigenvalue weighted by molar-refractivity contribution is -0.133. The number of carbonyl (C=O) groups excluding carboxylic acids is 1. The van der Waals surface area contributed by atoms with Crippen LogP contribution in [0.25, 0.3) is 0 Å². The van der Waals surface area contributed by atoms with Crippen LogP contribution in [0.2, 0.25) is 0 Å². The molecule has 3 nitrogen and oxygen atoms in total. The number of carbonyl (C=O) groups is 1. The van der Waals surface area contributed by atoms with Crippen molar-refractivity contribution in [2.45, 2.75) is 58.5 Å². The number of likely N-dealkylation sites (tertiary alicyclic amines) is 1. The molecule has 1 N–H and O–H groups in total. The fourth-order valence-corrected chi connectivity index (χ4v) is 3.40. The van der Waals surface area contributed by atoms with E-state index < -0.39 is 0 Å². The summed E-state index contributed by atoms with van der Waals surface area (Å²) in [6.07, 6.45) is 5.24. The molecule has 1 aliphatic rings. The van der Waals surface area contributed by atoms with Crippen molar-refractivity contribution in [1.82, 2.24) is 10.2 Å². The first-order valence-corrected chi connectivity index (χ1v) is 8.78. The van der Waals surface area contributed by atoms with Crippen LogP contribution >= 0.6 is 0 Å². The highest BCUT2D eigenvalue weighted by atomic mass is 16.2. The summed E-state index contributed by atoms with van der Waals surface area (Å²) in [7, 11) is 0. The highest BCUT2D eigenvalue weighted by molar-refractivity contribution is 5.76. The first-order chi connectivity index (χ1) is 10.7. The molecule has 1 aromatic carbocycles. The molecule has 1 amide bonds. The van der Waals surface area contributed by atoms with Gasteiger partial charge in [0.15, 0.2) is 0 Å². The third-order valence-electron chi connectivity index (χ3n) is 4.49. The van der Waals surface area contributed by atoms with Gasteiger partial charge in [0.2, 0.25) is 5.91 Å². The summed E-state index contributed by atoms with van der Waals surface area (Å²) < 4.78 is 0. The molecule has 0 aliphatic carbocycles. The van der Waals surface area contributed by atoms with Crippen molar-refractivity contribution < 1.29 is 4.79 Å². The maximum absolute atomic E-state index is 12.3. The monoisotopic (exact) mass is 302 g/mol. The average Bonchev–Trinajstić information content (AvgIpc) is 2.54. The maximum atomic E-state index is 12.3. The molecule has 122 valence electrons. The molecule has 1 fully saturated rings. The zero-order valence-corrected chi connectivity index (χ0v) is 14.1. The summed E-state index contributed by atoms with van der Waals surface area (Å²) >= 11 is 0. The van der Waals surface area contributed by atoms with Gasteiger partial charge < -0.3 is 10.2 Å². The van der Waals surface area contributed by atoms with Gasteiger partial charge in [0.1, 0.15) is 0 Å². The number of hydrogen-bond donors (Lipinski definition) is 1. The lowest BCUT2D eigenvalue weighted by Gasteiger charge is -2.38. The van der Waals surface area contributed by atoms with E-state index in [1.165, 1.54) is 24.8 Å². The van der Waals surface area contributed by atoms with Crippen molar-refractivity contribution in [3.63, 3.8) is 0 Å². The number of nitrogens with zero attached hydrogens (tertiary/aromatic N) is 1. The molecule has 22 heavy (non-hydrogen) atoms. The van der Waals surface area contributed by atoms with Gasteiger partial charge in [-0.2, -0.15) is 0 Å². The minimum atomic E-state index is 0.329. The van der Waals surface area contributed by atoms with Crippen LogP contribution in [0.1, 0.15) is 51.5 Å². The van der Waals surface area contributed by atoms with E-state index in [1.807, 2.05) is 6.07 Å². The molecule has 1 heterocycles. The fraction of sp³-hybridized carbons (Fsp3) is 0.632. The zero-order chi connectivity index (χ0) is 15.8. The molecule has 2 atom stereocenters. The van der Waals surface area contributed by atoms with Gasteiger partial charge in [-0.15, -0.1) is 0 Å². The lowest BCUT2D eigenvalue weighted by atomic mass is 9.90. The Labute approximate surface area is 135 Å². The van der Waals surface area contributed by atoms with Gasteiger partial charge in [0.25, 0.3) is 0 Å². The molecule has 0 radical (unpaired) electrons. The van der Waals surface area contributed by atoms with Gasteiger partial charge in [-0.3, -0.25) is 4.79 Å². The summed E-state index contributed by atoms with van der Waals surface area (Å²) in [4.78, 5) is 14.4. The van der Waals surface area contributed by atoms with Crippen LogP contribution in [0.15, 0.2) is 30.3 Å². The van der Waals surface area contributed by atoms with E-state index in [1.54, 1.807) is 0 Å². The van der Waals surface area contributed by atoms with Crippen molar-refractivity contribution in [2.75, 3.05) is 13.1 Å². The predicted octanol–water partition coefficient (Wildman–Crippen LogP) is 3.59. The van der Waals surface area contributed by atoms with Crippen LogP contribution in [0.4, 0.5) is 0 Å². The van der Waals surface area contributed by atoms with E-state index in [2.05, 4.69) is 48.3 Å². The van der Waals surface area contributed by atoms with E-state index in [-0.39, 0.29) is 0 Å². The summed E-state index contributed by atoms with van der Waals surface area (Å²) in [5.41, 5.74) is 1.31. The Morgan fingerprint density at radius 1 is 1.18 bits per heavy atom. The van der Waals surface area contributed by atoms with Gasteiger partial charge in [-0.1, -0.05) is 50.6 Å². The van der Waals surface area contributed by atoms with Gasteiger partial charge in [0.05, 0.1) is 0 Å². The number of rotatable bonds is 7. The number of benzene rings is 1. The SMILES string of the molecule is CCCC(=O)N1CC(CCC)CC(NCc2ccccc2)C1. The minimum absolute atomic E-state index is 0.329. The number of amides is 1. The van der Waals surface area contributed by atoms with E-state index in [4.69, 9.17) is 0 Å². The Kier molecular flexibility index (Phi) is 6.91. The molecule has 3 heteroatoms. The first-order valence-electron chi connectivity index (χ1n) is 8.78. The molecule has 0 aromatic heterocycles. The van der Waals surface area contributed by atoms with Crippen LogP contribution < -0.4 is 5.32 Å². The summed E-state index contributed by atoms with van der Waals surface area (Å²) in [5, 5.41) is 3.66. The van der Waals surface area contributed by atoms with Gasteiger partial charge in [0, 0.05) is 32.1 Å². The van der Waals surface area contributed by atoms with Gasteiger partial charge in [-0.25, -0.2) is 0 Å². The molecular formula is C19H30N2O. The smallest absolute Gasteiger partial charge is 0.222 e. The molecule has 0 saturated carbocycles. The second-order valence-corrected chi connectivity index (χ2v) is 6.50. The van der Waals surface area contributed by atoms with E-state index >= 15 is 0 Å². The van der Waals surface area contributed by atoms with Crippen molar-refractivity contribution in [3.05, 3.63) is 35.9 Å². The Hall–Kier alpha value is -1.35. The predicted molar refractivity (Wildman–Crippen MR) is 91.6 cm³/mol. The summed E-state index contributed by atoms with van der Waals surface area (Å²) in [5.74, 6) is 0.975. The molecule has 2 rings (SSSR count). The van der Waals surface area contributed by atoms with Crippen molar-refractivity contribution >= 4 is 5.91 Å². The van der Waals surface area contributed by atoms with Crippen LogP contribution in [0.3, 0.4) is 0 Å². The Bertz CT molecular complexity index is 446. The molecular weight excluding hydrogens is 272 g/mol. The number of nitrogens with one attached hydrogen (secondary N) is 1. The van der Waals surface area contributed by atoms with Gasteiger partial charge >= 0.3 is 0 Å². The lowest BCUT2D eigenvalue weighted by Crippen LogP contribution is -2.51. The molecule has 1 aliphatic heterocycles.